The lowest BCUT2D eigenvalue weighted by Gasteiger charge is -2.29. The van der Waals surface area contributed by atoms with Crippen LogP contribution in [0, 0.1) is 0 Å². The van der Waals surface area contributed by atoms with Crippen molar-refractivity contribution in [3.8, 4) is 27.9 Å². The average Bonchev–Trinajstić information content (AvgIpc) is 3.74. The van der Waals surface area contributed by atoms with Gasteiger partial charge in [0, 0.05) is 50.2 Å². The van der Waals surface area contributed by atoms with Crippen molar-refractivity contribution in [3.63, 3.8) is 0 Å². The first-order valence-corrected chi connectivity index (χ1v) is 21.9. The molecular weight excluding hydrogens is 787 g/mol. The third-order valence-electron chi connectivity index (χ3n) is 12.4. The van der Waals surface area contributed by atoms with E-state index < -0.39 is 0 Å². The summed E-state index contributed by atoms with van der Waals surface area (Å²) in [5.74, 6) is 0. The number of aromatic nitrogens is 1. The molecule has 0 aliphatic rings. The van der Waals surface area contributed by atoms with Crippen molar-refractivity contribution in [2.75, 3.05) is 9.80 Å². The average molecular weight is 834 g/mol. The standard InChI is InChI=1S/C62H43N3/c1-4-19-45(20-5-1)54-26-12-14-31-59(54)65(52-40-41-58-57-27-13-15-32-60(57)64(62(58)43-52)49-24-8-3-9-25-49)61-33-17-29-55-53(28-16-30-56(55)61)46-35-37-50(38-36-46)63(48-22-6-2-7-23-48)51-39-34-44-18-10-11-21-47(44)42-51/h1-43H/i35D,36D,37D,38D. The molecule has 1 heterocycles. The van der Waals surface area contributed by atoms with Gasteiger partial charge < -0.3 is 14.4 Å². The van der Waals surface area contributed by atoms with E-state index in [0.717, 1.165) is 83.2 Å². The first-order chi connectivity index (χ1) is 33.9. The highest BCUT2D eigenvalue weighted by molar-refractivity contribution is 6.12. The third-order valence-corrected chi connectivity index (χ3v) is 12.4. The second-order valence-corrected chi connectivity index (χ2v) is 16.2. The molecule has 0 saturated heterocycles. The molecule has 0 radical (unpaired) electrons. The Morgan fingerprint density at radius 2 is 0.892 bits per heavy atom. The Labute approximate surface area is 384 Å². The highest BCUT2D eigenvalue weighted by Crippen LogP contribution is 2.47. The molecule has 0 unspecified atom stereocenters. The van der Waals surface area contributed by atoms with Crippen LogP contribution in [0.25, 0.3) is 71.3 Å². The summed E-state index contributed by atoms with van der Waals surface area (Å²) >= 11 is 0. The summed E-state index contributed by atoms with van der Waals surface area (Å²) in [5, 5.41) is 6.09. The van der Waals surface area contributed by atoms with Gasteiger partial charge in [0.15, 0.2) is 0 Å². The number of fused-ring (bicyclic) bond motifs is 5. The maximum absolute atomic E-state index is 9.75. The molecule has 0 aliphatic carbocycles. The summed E-state index contributed by atoms with van der Waals surface area (Å²) in [7, 11) is 0. The summed E-state index contributed by atoms with van der Waals surface area (Å²) in [6.07, 6.45) is 0. The van der Waals surface area contributed by atoms with E-state index in [1.807, 2.05) is 108 Å². The molecule has 0 bridgehead atoms. The monoisotopic (exact) mass is 833 g/mol. The predicted octanol–water partition coefficient (Wildman–Crippen LogP) is 17.4. The minimum Gasteiger partial charge on any atom is -0.310 e. The molecule has 11 aromatic carbocycles. The van der Waals surface area contributed by atoms with Gasteiger partial charge in [0.1, 0.15) is 0 Å². The molecule has 12 rings (SSSR count). The Balaban J connectivity index is 1.08. The minimum absolute atomic E-state index is 0.115. The largest absolute Gasteiger partial charge is 0.310 e. The fourth-order valence-electron chi connectivity index (χ4n) is 9.45. The van der Waals surface area contributed by atoms with Crippen LogP contribution in [0.15, 0.2) is 261 Å². The Morgan fingerprint density at radius 3 is 1.72 bits per heavy atom. The van der Waals surface area contributed by atoms with Crippen LogP contribution >= 0.6 is 0 Å². The van der Waals surface area contributed by atoms with Gasteiger partial charge in [-0.1, -0.05) is 182 Å². The van der Waals surface area contributed by atoms with E-state index in [0.29, 0.717) is 5.56 Å². The summed E-state index contributed by atoms with van der Waals surface area (Å²) < 4.78 is 41.2. The molecule has 0 aliphatic heterocycles. The van der Waals surface area contributed by atoms with Crippen LogP contribution in [0.3, 0.4) is 0 Å². The number of para-hydroxylation sites is 4. The fraction of sp³-hybridized carbons (Fsp3) is 0. The van der Waals surface area contributed by atoms with Crippen molar-refractivity contribution in [2.45, 2.75) is 0 Å². The van der Waals surface area contributed by atoms with Crippen LogP contribution < -0.4 is 9.80 Å². The Hall–Kier alpha value is -8.66. The van der Waals surface area contributed by atoms with Crippen LogP contribution in [0.5, 0.6) is 0 Å². The van der Waals surface area contributed by atoms with Crippen molar-refractivity contribution in [3.05, 3.63) is 261 Å². The lowest BCUT2D eigenvalue weighted by atomic mass is 9.95. The zero-order valence-corrected chi connectivity index (χ0v) is 35.4. The molecule has 0 N–H and O–H groups in total. The molecule has 0 saturated carbocycles. The first kappa shape index (κ1) is 33.9. The fourth-order valence-corrected chi connectivity index (χ4v) is 9.45. The molecule has 1 aromatic heterocycles. The second kappa shape index (κ2) is 16.2. The zero-order valence-electron chi connectivity index (χ0n) is 39.4. The van der Waals surface area contributed by atoms with Crippen LogP contribution in [-0.4, -0.2) is 4.57 Å². The molecule has 65 heavy (non-hydrogen) atoms. The highest BCUT2D eigenvalue weighted by atomic mass is 15.2. The lowest BCUT2D eigenvalue weighted by molar-refractivity contribution is 1.18. The van der Waals surface area contributed by atoms with Crippen LogP contribution in [-0.2, 0) is 0 Å². The number of nitrogens with zero attached hydrogens (tertiary/aromatic N) is 3. The maximum atomic E-state index is 9.75. The molecule has 3 nitrogen and oxygen atoms in total. The van der Waals surface area contributed by atoms with E-state index in [-0.39, 0.29) is 35.4 Å². The van der Waals surface area contributed by atoms with Crippen LogP contribution in [0.4, 0.5) is 34.1 Å². The maximum Gasteiger partial charge on any atom is 0.0645 e. The van der Waals surface area contributed by atoms with E-state index >= 15 is 0 Å². The third kappa shape index (κ3) is 6.78. The quantitative estimate of drug-likeness (QED) is 0.144. The SMILES string of the molecule is [2H]c1c([2H])c(N(c2ccccc2)c2ccc3ccccc3c2)c([2H])c([2H])c1-c1cccc2c(N(c3ccc4c5ccccc5n(-c5ccccc5)c4c3)c3ccccc3-c3ccccc3)cccc12. The summed E-state index contributed by atoms with van der Waals surface area (Å²) in [6, 6.07) is 80.1. The molecule has 0 fully saturated rings. The number of benzene rings is 11. The molecule has 3 heteroatoms. The Bertz CT molecular complexity index is 3880. The minimum atomic E-state index is -0.128. The topological polar surface area (TPSA) is 11.4 Å². The number of rotatable bonds is 9. The number of anilines is 6. The van der Waals surface area contributed by atoms with Gasteiger partial charge in [-0.25, -0.2) is 0 Å². The predicted molar refractivity (Wildman–Crippen MR) is 276 cm³/mol. The van der Waals surface area contributed by atoms with E-state index in [2.05, 4.69) is 143 Å². The smallest absolute Gasteiger partial charge is 0.0645 e. The number of hydrogen-bond acceptors (Lipinski definition) is 2. The lowest BCUT2D eigenvalue weighted by Crippen LogP contribution is -2.12. The van der Waals surface area contributed by atoms with Gasteiger partial charge in [-0.2, -0.15) is 0 Å². The van der Waals surface area contributed by atoms with Crippen molar-refractivity contribution >= 4 is 77.5 Å². The van der Waals surface area contributed by atoms with E-state index in [4.69, 9.17) is 0 Å². The molecule has 0 atom stereocenters. The van der Waals surface area contributed by atoms with Gasteiger partial charge >= 0.3 is 0 Å². The molecular formula is C62H43N3. The van der Waals surface area contributed by atoms with Crippen molar-refractivity contribution in [1.29, 1.82) is 0 Å². The Kier molecular flexibility index (Phi) is 8.47. The van der Waals surface area contributed by atoms with Gasteiger partial charge in [0.25, 0.3) is 0 Å². The molecule has 0 amide bonds. The summed E-state index contributed by atoms with van der Waals surface area (Å²) in [6.45, 7) is 0. The molecule has 306 valence electrons. The van der Waals surface area contributed by atoms with E-state index in [1.165, 1.54) is 5.39 Å². The van der Waals surface area contributed by atoms with Crippen molar-refractivity contribution in [2.24, 2.45) is 0 Å². The van der Waals surface area contributed by atoms with Gasteiger partial charge in [0.2, 0.25) is 0 Å². The number of hydrogen-bond donors (Lipinski definition) is 0. The Morgan fingerprint density at radius 1 is 0.308 bits per heavy atom. The van der Waals surface area contributed by atoms with E-state index in [9.17, 15) is 5.48 Å². The van der Waals surface area contributed by atoms with Gasteiger partial charge in [0.05, 0.1) is 27.9 Å². The molecule has 12 aromatic rings. The van der Waals surface area contributed by atoms with E-state index in [1.54, 1.807) is 0 Å². The van der Waals surface area contributed by atoms with Crippen molar-refractivity contribution in [1.82, 2.24) is 4.57 Å². The first-order valence-electron chi connectivity index (χ1n) is 23.9. The van der Waals surface area contributed by atoms with Crippen LogP contribution in [0.2, 0.25) is 0 Å². The summed E-state index contributed by atoms with van der Waals surface area (Å²) in [5.41, 5.74) is 10.7. The van der Waals surface area contributed by atoms with Gasteiger partial charge in [-0.3, -0.25) is 0 Å². The van der Waals surface area contributed by atoms with Gasteiger partial charge in [-0.05, 0) is 112 Å². The normalized spacial score (nSPS) is 12.2. The van der Waals surface area contributed by atoms with Crippen molar-refractivity contribution < 1.29 is 5.48 Å². The second-order valence-electron chi connectivity index (χ2n) is 16.2. The van der Waals surface area contributed by atoms with Crippen LogP contribution in [0.1, 0.15) is 5.48 Å². The molecule has 0 spiro atoms. The highest BCUT2D eigenvalue weighted by Gasteiger charge is 2.22. The van der Waals surface area contributed by atoms with Gasteiger partial charge in [-0.15, -0.1) is 0 Å². The summed E-state index contributed by atoms with van der Waals surface area (Å²) in [4.78, 5) is 4.16. The zero-order chi connectivity index (χ0) is 46.6.